The first-order chi connectivity index (χ1) is 9.25. The van der Waals surface area contributed by atoms with Gasteiger partial charge in [-0.3, -0.25) is 14.5 Å². The van der Waals surface area contributed by atoms with E-state index in [2.05, 4.69) is 15.2 Å². The number of nitrogens with zero attached hydrogens (tertiary/aromatic N) is 5. The predicted molar refractivity (Wildman–Crippen MR) is 69.8 cm³/mol. The normalized spacial score (nSPS) is 10.6. The van der Waals surface area contributed by atoms with Gasteiger partial charge in [0, 0.05) is 31.2 Å². The molecule has 3 rings (SSSR count). The fourth-order valence-electron chi connectivity index (χ4n) is 1.86. The quantitative estimate of drug-likeness (QED) is 0.684. The lowest BCUT2D eigenvalue weighted by Gasteiger charge is -2.04. The van der Waals surface area contributed by atoms with Crippen LogP contribution in [0.1, 0.15) is 0 Å². The summed E-state index contributed by atoms with van der Waals surface area (Å²) in [6.07, 6.45) is 8.26. The second kappa shape index (κ2) is 4.49. The summed E-state index contributed by atoms with van der Waals surface area (Å²) in [5.74, 6) is 0. The molecule has 94 valence electrons. The van der Waals surface area contributed by atoms with E-state index in [0.29, 0.717) is 11.3 Å². The molecule has 0 aromatic carbocycles. The summed E-state index contributed by atoms with van der Waals surface area (Å²) in [5.41, 5.74) is 1.78. The van der Waals surface area contributed by atoms with E-state index in [1.807, 2.05) is 6.07 Å². The van der Waals surface area contributed by atoms with Crippen molar-refractivity contribution in [2.45, 2.75) is 0 Å². The highest BCUT2D eigenvalue weighted by molar-refractivity contribution is 5.60. The second-order valence-electron chi connectivity index (χ2n) is 4.08. The summed E-state index contributed by atoms with van der Waals surface area (Å²) in [7, 11) is 1.79. The van der Waals surface area contributed by atoms with Crippen LogP contribution >= 0.6 is 0 Å². The first-order valence-corrected chi connectivity index (χ1v) is 5.73. The van der Waals surface area contributed by atoms with Crippen LogP contribution in [0.25, 0.3) is 16.8 Å². The highest BCUT2D eigenvalue weighted by atomic mass is 16.1. The Hall–Kier alpha value is -2.76. The molecule has 0 fully saturated rings. The summed E-state index contributed by atoms with van der Waals surface area (Å²) in [4.78, 5) is 16.4. The Kier molecular flexibility index (Phi) is 2.68. The average molecular weight is 253 g/mol. The van der Waals surface area contributed by atoms with Crippen LogP contribution in [0.15, 0.2) is 54.0 Å². The van der Waals surface area contributed by atoms with Crippen LogP contribution in [-0.4, -0.2) is 24.5 Å². The lowest BCUT2D eigenvalue weighted by molar-refractivity contribution is 0.763. The van der Waals surface area contributed by atoms with Crippen molar-refractivity contribution >= 4 is 0 Å². The molecule has 0 atom stereocenters. The molecule has 19 heavy (non-hydrogen) atoms. The molecule has 0 radical (unpaired) electrons. The van der Waals surface area contributed by atoms with Crippen LogP contribution in [0.3, 0.4) is 0 Å². The molecule has 0 N–H and O–H groups in total. The summed E-state index contributed by atoms with van der Waals surface area (Å²) in [6, 6.07) is 5.33. The molecule has 3 heterocycles. The fourth-order valence-corrected chi connectivity index (χ4v) is 1.86. The standard InChI is InChI=1S/C13H11N5O/c1-17-9-11(8-16-17)18-13(19)12(4-6-15-18)10-3-2-5-14-7-10/h2-9H,1H3. The number of pyridine rings is 1. The lowest BCUT2D eigenvalue weighted by atomic mass is 10.1. The van der Waals surface area contributed by atoms with Gasteiger partial charge in [-0.1, -0.05) is 6.07 Å². The van der Waals surface area contributed by atoms with Crippen LogP contribution in [0.4, 0.5) is 0 Å². The Balaban J connectivity index is 2.18. The van der Waals surface area contributed by atoms with Crippen molar-refractivity contribution in [2.75, 3.05) is 0 Å². The van der Waals surface area contributed by atoms with Crippen molar-refractivity contribution in [3.8, 4) is 16.8 Å². The third-order valence-electron chi connectivity index (χ3n) is 2.75. The maximum Gasteiger partial charge on any atom is 0.279 e. The van der Waals surface area contributed by atoms with Crippen LogP contribution in [-0.2, 0) is 7.05 Å². The third-order valence-corrected chi connectivity index (χ3v) is 2.75. The van der Waals surface area contributed by atoms with E-state index in [4.69, 9.17) is 0 Å². The second-order valence-corrected chi connectivity index (χ2v) is 4.08. The molecule has 0 aliphatic heterocycles. The van der Waals surface area contributed by atoms with Gasteiger partial charge in [0.15, 0.2) is 0 Å². The van der Waals surface area contributed by atoms with Gasteiger partial charge in [0.1, 0.15) is 5.69 Å². The Morgan fingerprint density at radius 1 is 1.11 bits per heavy atom. The minimum Gasteiger partial charge on any atom is -0.274 e. The zero-order valence-corrected chi connectivity index (χ0v) is 10.3. The Morgan fingerprint density at radius 2 is 2.00 bits per heavy atom. The van der Waals surface area contributed by atoms with Gasteiger partial charge in [0.05, 0.1) is 18.0 Å². The summed E-state index contributed by atoms with van der Waals surface area (Å²) in [5, 5.41) is 8.12. The monoisotopic (exact) mass is 253 g/mol. The molecule has 0 aliphatic carbocycles. The van der Waals surface area contributed by atoms with E-state index in [1.165, 1.54) is 4.68 Å². The maximum absolute atomic E-state index is 12.4. The molecule has 0 unspecified atom stereocenters. The lowest BCUT2D eigenvalue weighted by Crippen LogP contribution is -2.21. The molecule has 3 aromatic heterocycles. The van der Waals surface area contributed by atoms with Crippen LogP contribution in [0, 0.1) is 0 Å². The van der Waals surface area contributed by atoms with Crippen LogP contribution < -0.4 is 5.56 Å². The van der Waals surface area contributed by atoms with E-state index < -0.39 is 0 Å². The minimum absolute atomic E-state index is 0.191. The van der Waals surface area contributed by atoms with Gasteiger partial charge in [0.2, 0.25) is 0 Å². The van der Waals surface area contributed by atoms with Gasteiger partial charge in [-0.05, 0) is 12.1 Å². The first-order valence-electron chi connectivity index (χ1n) is 5.73. The number of aryl methyl sites for hydroxylation is 1. The van der Waals surface area contributed by atoms with Gasteiger partial charge in [0.25, 0.3) is 5.56 Å². The topological polar surface area (TPSA) is 65.6 Å². The van der Waals surface area contributed by atoms with Crippen molar-refractivity contribution < 1.29 is 0 Å². The SMILES string of the molecule is Cn1cc(-n2nccc(-c3cccnc3)c2=O)cn1. The molecule has 0 bridgehead atoms. The highest BCUT2D eigenvalue weighted by Crippen LogP contribution is 2.13. The third kappa shape index (κ3) is 2.03. The Labute approximate surface area is 109 Å². The van der Waals surface area contributed by atoms with Crippen molar-refractivity contribution in [1.82, 2.24) is 24.5 Å². The molecule has 0 saturated carbocycles. The van der Waals surface area contributed by atoms with E-state index in [1.54, 1.807) is 54.8 Å². The van der Waals surface area contributed by atoms with E-state index in [-0.39, 0.29) is 5.56 Å². The fraction of sp³-hybridized carbons (Fsp3) is 0.0769. The van der Waals surface area contributed by atoms with Gasteiger partial charge in [-0.25, -0.2) is 0 Å². The summed E-state index contributed by atoms with van der Waals surface area (Å²) < 4.78 is 2.95. The summed E-state index contributed by atoms with van der Waals surface area (Å²) >= 11 is 0. The molecule has 0 amide bonds. The van der Waals surface area contributed by atoms with Gasteiger partial charge in [-0.2, -0.15) is 14.9 Å². The molecule has 3 aromatic rings. The van der Waals surface area contributed by atoms with Crippen molar-refractivity contribution in [3.63, 3.8) is 0 Å². The number of hydrogen-bond acceptors (Lipinski definition) is 4. The zero-order valence-electron chi connectivity index (χ0n) is 10.3. The van der Waals surface area contributed by atoms with Gasteiger partial charge in [-0.15, -0.1) is 0 Å². The van der Waals surface area contributed by atoms with E-state index in [9.17, 15) is 4.79 Å². The molecule has 6 heteroatoms. The van der Waals surface area contributed by atoms with Crippen molar-refractivity contribution in [1.29, 1.82) is 0 Å². The van der Waals surface area contributed by atoms with Gasteiger partial charge >= 0.3 is 0 Å². The molecule has 6 nitrogen and oxygen atoms in total. The Morgan fingerprint density at radius 3 is 2.68 bits per heavy atom. The van der Waals surface area contributed by atoms with Crippen molar-refractivity contribution in [3.05, 3.63) is 59.5 Å². The molecular weight excluding hydrogens is 242 g/mol. The van der Waals surface area contributed by atoms with Crippen LogP contribution in [0.5, 0.6) is 0 Å². The summed E-state index contributed by atoms with van der Waals surface area (Å²) in [6.45, 7) is 0. The van der Waals surface area contributed by atoms with Gasteiger partial charge < -0.3 is 0 Å². The average Bonchev–Trinajstić information content (AvgIpc) is 2.86. The number of aromatic nitrogens is 5. The molecular formula is C13H11N5O. The number of hydrogen-bond donors (Lipinski definition) is 0. The Bertz CT molecular complexity index is 760. The molecule has 0 aliphatic rings. The highest BCUT2D eigenvalue weighted by Gasteiger charge is 2.09. The van der Waals surface area contributed by atoms with Crippen molar-refractivity contribution in [2.24, 2.45) is 7.05 Å². The zero-order chi connectivity index (χ0) is 13.2. The maximum atomic E-state index is 12.4. The minimum atomic E-state index is -0.191. The molecule has 0 saturated heterocycles. The number of rotatable bonds is 2. The largest absolute Gasteiger partial charge is 0.279 e. The van der Waals surface area contributed by atoms with Crippen LogP contribution in [0.2, 0.25) is 0 Å². The van der Waals surface area contributed by atoms with E-state index >= 15 is 0 Å². The van der Waals surface area contributed by atoms with E-state index in [0.717, 1.165) is 5.56 Å². The smallest absolute Gasteiger partial charge is 0.274 e. The first kappa shape index (κ1) is 11.3. The predicted octanol–water partition coefficient (Wildman–Crippen LogP) is 1.03. The molecule has 0 spiro atoms.